The van der Waals surface area contributed by atoms with Crippen molar-refractivity contribution in [3.63, 3.8) is 0 Å². The number of anilines is 1. The average Bonchev–Trinajstić information content (AvgIpc) is 2.62. The van der Waals surface area contributed by atoms with Crippen molar-refractivity contribution in [2.24, 2.45) is 0 Å². The summed E-state index contributed by atoms with van der Waals surface area (Å²) in [6, 6.07) is 10.2. The van der Waals surface area contributed by atoms with Gasteiger partial charge in [0.05, 0.1) is 26.5 Å². The quantitative estimate of drug-likeness (QED) is 0.776. The molecule has 0 unspecified atom stereocenters. The molecule has 0 heterocycles. The molecule has 0 bridgehead atoms. The maximum Gasteiger partial charge on any atom is 0.319 e. The van der Waals surface area contributed by atoms with Crippen molar-refractivity contribution in [2.45, 2.75) is 13.5 Å². The van der Waals surface area contributed by atoms with Crippen LogP contribution in [0.25, 0.3) is 0 Å². The van der Waals surface area contributed by atoms with E-state index in [1.807, 2.05) is 19.1 Å². The Morgan fingerprint density at radius 1 is 1.04 bits per heavy atom. The van der Waals surface area contributed by atoms with Crippen molar-refractivity contribution in [2.75, 3.05) is 26.1 Å². The lowest BCUT2D eigenvalue weighted by molar-refractivity contribution is 0.251. The molecule has 2 amide bonds. The second-order valence-electron chi connectivity index (χ2n) is 5.07. The topological polar surface area (TPSA) is 68.8 Å². The molecule has 2 aromatic carbocycles. The highest BCUT2D eigenvalue weighted by molar-refractivity contribution is 6.31. The van der Waals surface area contributed by atoms with Crippen LogP contribution in [0.15, 0.2) is 36.4 Å². The largest absolute Gasteiger partial charge is 0.493 e. The summed E-state index contributed by atoms with van der Waals surface area (Å²) in [6.45, 7) is 2.69. The lowest BCUT2D eigenvalue weighted by Crippen LogP contribution is -2.28. The van der Waals surface area contributed by atoms with Gasteiger partial charge in [0.25, 0.3) is 0 Å². The van der Waals surface area contributed by atoms with E-state index >= 15 is 0 Å². The first-order valence-electron chi connectivity index (χ1n) is 7.75. The molecule has 6 nitrogen and oxygen atoms in total. The van der Waals surface area contributed by atoms with Crippen LogP contribution in [0.1, 0.15) is 12.5 Å². The van der Waals surface area contributed by atoms with Gasteiger partial charge < -0.3 is 24.8 Å². The summed E-state index contributed by atoms with van der Waals surface area (Å²) in [7, 11) is 3.14. The van der Waals surface area contributed by atoms with E-state index < -0.39 is 0 Å². The van der Waals surface area contributed by atoms with Gasteiger partial charge in [-0.3, -0.25) is 0 Å². The van der Waals surface area contributed by atoms with Gasteiger partial charge in [-0.2, -0.15) is 0 Å². The second-order valence-corrected chi connectivity index (χ2v) is 5.51. The highest BCUT2D eigenvalue weighted by atomic mass is 35.5. The first-order valence-corrected chi connectivity index (χ1v) is 8.13. The second kappa shape index (κ2) is 9.03. The van der Waals surface area contributed by atoms with Gasteiger partial charge in [0.1, 0.15) is 5.75 Å². The van der Waals surface area contributed by atoms with Crippen LogP contribution in [0.3, 0.4) is 0 Å². The summed E-state index contributed by atoms with van der Waals surface area (Å²) >= 11 is 5.98. The van der Waals surface area contributed by atoms with Gasteiger partial charge in [-0.25, -0.2) is 4.79 Å². The highest BCUT2D eigenvalue weighted by Crippen LogP contribution is 2.29. The lowest BCUT2D eigenvalue weighted by Gasteiger charge is -2.13. The summed E-state index contributed by atoms with van der Waals surface area (Å²) in [4.78, 5) is 12.2. The first-order chi connectivity index (χ1) is 12.1. The number of nitrogens with one attached hydrogen (secondary N) is 2. The molecular weight excluding hydrogens is 344 g/mol. The fraction of sp³-hybridized carbons (Fsp3) is 0.278. The van der Waals surface area contributed by atoms with E-state index in [0.717, 1.165) is 5.56 Å². The molecule has 2 aromatic rings. The van der Waals surface area contributed by atoms with Gasteiger partial charge in [0, 0.05) is 11.6 Å². The molecule has 0 saturated heterocycles. The third-order valence-corrected chi connectivity index (χ3v) is 3.63. The van der Waals surface area contributed by atoms with E-state index in [0.29, 0.717) is 41.1 Å². The van der Waals surface area contributed by atoms with E-state index in [9.17, 15) is 4.79 Å². The number of hydrogen-bond acceptors (Lipinski definition) is 4. The standard InChI is InChI=1S/C18H21ClN2O4/c1-4-25-15-8-6-13(19)10-14(15)21-18(22)20-11-12-5-7-16(23-2)17(9-12)24-3/h5-10H,4,11H2,1-3H3,(H2,20,21,22). The summed E-state index contributed by atoms with van der Waals surface area (Å²) in [5.74, 6) is 1.81. The summed E-state index contributed by atoms with van der Waals surface area (Å²) in [6.07, 6.45) is 0. The van der Waals surface area contributed by atoms with Crippen molar-refractivity contribution in [1.82, 2.24) is 5.32 Å². The predicted molar refractivity (Wildman–Crippen MR) is 98.0 cm³/mol. The smallest absolute Gasteiger partial charge is 0.319 e. The number of ether oxygens (including phenoxy) is 3. The van der Waals surface area contributed by atoms with Gasteiger partial charge in [0.2, 0.25) is 0 Å². The van der Waals surface area contributed by atoms with E-state index in [1.165, 1.54) is 0 Å². The Morgan fingerprint density at radius 2 is 1.76 bits per heavy atom. The fourth-order valence-corrected chi connectivity index (χ4v) is 2.39. The van der Waals surface area contributed by atoms with Crippen LogP contribution in [-0.4, -0.2) is 26.9 Å². The van der Waals surface area contributed by atoms with Crippen LogP contribution in [0.5, 0.6) is 17.2 Å². The number of halogens is 1. The molecule has 0 saturated carbocycles. The SMILES string of the molecule is CCOc1ccc(Cl)cc1NC(=O)NCc1ccc(OC)c(OC)c1. The number of methoxy groups -OCH3 is 2. The monoisotopic (exact) mass is 364 g/mol. The van der Waals surface area contributed by atoms with Crippen LogP contribution in [0, 0.1) is 0 Å². The Hall–Kier alpha value is -2.60. The third-order valence-electron chi connectivity index (χ3n) is 3.39. The molecule has 0 fully saturated rings. The minimum atomic E-state index is -0.363. The van der Waals surface area contributed by atoms with Gasteiger partial charge >= 0.3 is 6.03 Å². The molecule has 2 rings (SSSR count). The number of urea groups is 1. The zero-order valence-electron chi connectivity index (χ0n) is 14.4. The number of carbonyl (C=O) groups is 1. The summed E-state index contributed by atoms with van der Waals surface area (Å²) in [5.41, 5.74) is 1.39. The normalized spacial score (nSPS) is 10.1. The van der Waals surface area contributed by atoms with Crippen LogP contribution in [-0.2, 0) is 6.54 Å². The van der Waals surface area contributed by atoms with Crippen molar-refractivity contribution < 1.29 is 19.0 Å². The van der Waals surface area contributed by atoms with E-state index in [4.69, 9.17) is 25.8 Å². The molecule has 0 aliphatic rings. The molecule has 7 heteroatoms. The minimum absolute atomic E-state index is 0.330. The maximum absolute atomic E-state index is 12.2. The Kier molecular flexibility index (Phi) is 6.77. The minimum Gasteiger partial charge on any atom is -0.493 e. The zero-order chi connectivity index (χ0) is 18.2. The number of carbonyl (C=O) groups excluding carboxylic acids is 1. The zero-order valence-corrected chi connectivity index (χ0v) is 15.1. The maximum atomic E-state index is 12.2. The van der Waals surface area contributed by atoms with Crippen molar-refractivity contribution >= 4 is 23.3 Å². The Labute approximate surface area is 152 Å². The van der Waals surface area contributed by atoms with Gasteiger partial charge in [-0.15, -0.1) is 0 Å². The third kappa shape index (κ3) is 5.19. The van der Waals surface area contributed by atoms with Crippen molar-refractivity contribution in [3.8, 4) is 17.2 Å². The number of rotatable bonds is 7. The molecule has 0 aliphatic heterocycles. The molecular formula is C18H21ClN2O4. The molecule has 0 aliphatic carbocycles. The Morgan fingerprint density at radius 3 is 2.44 bits per heavy atom. The summed E-state index contributed by atoms with van der Waals surface area (Å²) < 4.78 is 15.9. The van der Waals surface area contributed by atoms with Gasteiger partial charge in [-0.1, -0.05) is 17.7 Å². The van der Waals surface area contributed by atoms with Crippen LogP contribution >= 0.6 is 11.6 Å². The van der Waals surface area contributed by atoms with Gasteiger partial charge in [0.15, 0.2) is 11.5 Å². The Bertz CT molecular complexity index is 737. The van der Waals surface area contributed by atoms with Crippen molar-refractivity contribution in [3.05, 3.63) is 47.0 Å². The van der Waals surface area contributed by atoms with E-state index in [1.54, 1.807) is 38.5 Å². The molecule has 134 valence electrons. The molecule has 2 N–H and O–H groups in total. The predicted octanol–water partition coefficient (Wildman–Crippen LogP) is 4.08. The lowest BCUT2D eigenvalue weighted by atomic mass is 10.2. The molecule has 25 heavy (non-hydrogen) atoms. The average molecular weight is 365 g/mol. The first kappa shape index (κ1) is 18.7. The number of hydrogen-bond donors (Lipinski definition) is 2. The summed E-state index contributed by atoms with van der Waals surface area (Å²) in [5, 5.41) is 6.03. The van der Waals surface area contributed by atoms with Gasteiger partial charge in [-0.05, 0) is 42.8 Å². The fourth-order valence-electron chi connectivity index (χ4n) is 2.22. The number of amides is 2. The van der Waals surface area contributed by atoms with Crippen LogP contribution in [0.2, 0.25) is 5.02 Å². The molecule has 0 atom stereocenters. The van der Waals surface area contributed by atoms with Crippen molar-refractivity contribution in [1.29, 1.82) is 0 Å². The molecule has 0 spiro atoms. The molecule has 0 aromatic heterocycles. The van der Waals surface area contributed by atoms with Crippen LogP contribution < -0.4 is 24.8 Å². The Balaban J connectivity index is 2.00. The highest BCUT2D eigenvalue weighted by Gasteiger charge is 2.10. The van der Waals surface area contributed by atoms with Crippen LogP contribution in [0.4, 0.5) is 10.5 Å². The van der Waals surface area contributed by atoms with E-state index in [2.05, 4.69) is 10.6 Å². The van der Waals surface area contributed by atoms with E-state index in [-0.39, 0.29) is 6.03 Å². The number of benzene rings is 2. The molecule has 0 radical (unpaired) electrons.